The highest BCUT2D eigenvalue weighted by atomic mass is 79.9. The molecule has 0 atom stereocenters. The molecule has 21 heavy (non-hydrogen) atoms. The normalized spacial score (nSPS) is 13.6. The summed E-state index contributed by atoms with van der Waals surface area (Å²) in [7, 11) is 0. The number of halogens is 2. The van der Waals surface area contributed by atoms with E-state index < -0.39 is 0 Å². The van der Waals surface area contributed by atoms with Gasteiger partial charge in [0.2, 0.25) is 0 Å². The van der Waals surface area contributed by atoms with Gasteiger partial charge in [-0.1, -0.05) is 28.1 Å². The van der Waals surface area contributed by atoms with E-state index in [4.69, 9.17) is 0 Å². The number of carbonyl (C=O) groups excluding carboxylic acids is 1. The lowest BCUT2D eigenvalue weighted by molar-refractivity contribution is 0.102. The van der Waals surface area contributed by atoms with Crippen molar-refractivity contribution in [2.24, 2.45) is 0 Å². The first kappa shape index (κ1) is 14.8. The van der Waals surface area contributed by atoms with Crippen molar-refractivity contribution in [1.29, 1.82) is 0 Å². The Hall–Kier alpha value is -1.17. The molecule has 0 fully saturated rings. The van der Waals surface area contributed by atoms with Gasteiger partial charge in [0.25, 0.3) is 5.91 Å². The van der Waals surface area contributed by atoms with Gasteiger partial charge in [0.05, 0.1) is 5.56 Å². The van der Waals surface area contributed by atoms with Crippen LogP contribution in [0.4, 0.5) is 5.69 Å². The van der Waals surface area contributed by atoms with Crippen molar-refractivity contribution in [3.63, 3.8) is 0 Å². The maximum absolute atomic E-state index is 12.5. The Morgan fingerprint density at radius 2 is 2.05 bits per heavy atom. The van der Waals surface area contributed by atoms with E-state index in [-0.39, 0.29) is 5.91 Å². The topological polar surface area (TPSA) is 41.1 Å². The molecule has 1 amide bonds. The van der Waals surface area contributed by atoms with Crippen molar-refractivity contribution < 1.29 is 4.79 Å². The maximum Gasteiger partial charge on any atom is 0.256 e. The number of anilines is 1. The van der Waals surface area contributed by atoms with E-state index in [9.17, 15) is 4.79 Å². The number of nitrogens with one attached hydrogen (secondary N) is 2. The van der Waals surface area contributed by atoms with E-state index in [1.54, 1.807) is 0 Å². The highest BCUT2D eigenvalue weighted by Crippen LogP contribution is 2.26. The third-order valence-electron chi connectivity index (χ3n) is 3.56. The average Bonchev–Trinajstić information content (AvgIpc) is 2.50. The SMILES string of the molecule is O=C(Nc1cccc2c1CCNC2)c1cc(Br)ccc1Br. The van der Waals surface area contributed by atoms with Crippen LogP contribution < -0.4 is 10.6 Å². The monoisotopic (exact) mass is 408 g/mol. The fraction of sp³-hybridized carbons (Fsp3) is 0.188. The summed E-state index contributed by atoms with van der Waals surface area (Å²) in [4.78, 5) is 12.5. The van der Waals surface area contributed by atoms with Crippen LogP contribution in [-0.4, -0.2) is 12.5 Å². The molecule has 1 aliphatic rings. The van der Waals surface area contributed by atoms with Gasteiger partial charge < -0.3 is 10.6 Å². The second-order valence-electron chi connectivity index (χ2n) is 4.95. The van der Waals surface area contributed by atoms with Gasteiger partial charge in [-0.05, 0) is 64.3 Å². The van der Waals surface area contributed by atoms with Crippen LogP contribution in [0.1, 0.15) is 21.5 Å². The molecule has 0 aliphatic carbocycles. The minimum absolute atomic E-state index is 0.102. The predicted octanol–water partition coefficient (Wildman–Crippen LogP) is 4.11. The van der Waals surface area contributed by atoms with E-state index in [0.29, 0.717) is 5.56 Å². The summed E-state index contributed by atoms with van der Waals surface area (Å²) in [5.41, 5.74) is 4.02. The first-order chi connectivity index (χ1) is 10.1. The van der Waals surface area contributed by atoms with Gasteiger partial charge in [-0.2, -0.15) is 0 Å². The van der Waals surface area contributed by atoms with Crippen molar-refractivity contribution in [1.82, 2.24) is 5.32 Å². The summed E-state index contributed by atoms with van der Waals surface area (Å²) in [5.74, 6) is -0.102. The van der Waals surface area contributed by atoms with Crippen LogP contribution in [-0.2, 0) is 13.0 Å². The Balaban J connectivity index is 1.90. The Kier molecular flexibility index (Phi) is 4.42. The lowest BCUT2D eigenvalue weighted by Crippen LogP contribution is -2.25. The third kappa shape index (κ3) is 3.20. The molecular formula is C16H14Br2N2O. The average molecular weight is 410 g/mol. The number of carbonyl (C=O) groups is 1. The van der Waals surface area contributed by atoms with Crippen molar-refractivity contribution in [3.05, 3.63) is 62.0 Å². The van der Waals surface area contributed by atoms with Gasteiger partial charge in [-0.3, -0.25) is 4.79 Å². The van der Waals surface area contributed by atoms with Crippen molar-refractivity contribution in [2.75, 3.05) is 11.9 Å². The highest BCUT2D eigenvalue weighted by Gasteiger charge is 2.16. The molecule has 2 N–H and O–H groups in total. The molecule has 5 heteroatoms. The number of hydrogen-bond donors (Lipinski definition) is 2. The number of amides is 1. The van der Waals surface area contributed by atoms with E-state index in [2.05, 4.69) is 48.6 Å². The Morgan fingerprint density at radius 1 is 1.19 bits per heavy atom. The molecule has 3 nitrogen and oxygen atoms in total. The molecule has 0 saturated heterocycles. The van der Waals surface area contributed by atoms with Crippen LogP contribution in [0.5, 0.6) is 0 Å². The van der Waals surface area contributed by atoms with E-state index in [1.165, 1.54) is 11.1 Å². The quantitative estimate of drug-likeness (QED) is 0.783. The highest BCUT2D eigenvalue weighted by molar-refractivity contribution is 9.11. The number of rotatable bonds is 2. The molecule has 1 heterocycles. The van der Waals surface area contributed by atoms with Gasteiger partial charge in [-0.25, -0.2) is 0 Å². The number of fused-ring (bicyclic) bond motifs is 1. The standard InChI is InChI=1S/C16H14Br2N2O/c17-11-4-5-14(18)13(8-11)16(21)20-15-3-1-2-10-9-19-7-6-12(10)15/h1-5,8,19H,6-7,9H2,(H,20,21). The first-order valence-corrected chi connectivity index (χ1v) is 8.31. The van der Waals surface area contributed by atoms with Crippen molar-refractivity contribution >= 4 is 43.5 Å². The minimum atomic E-state index is -0.102. The Bertz CT molecular complexity index is 701. The molecule has 0 aromatic heterocycles. The summed E-state index contributed by atoms with van der Waals surface area (Å²) in [6, 6.07) is 11.6. The molecule has 0 unspecified atom stereocenters. The van der Waals surface area contributed by atoms with Crippen molar-refractivity contribution in [3.8, 4) is 0 Å². The van der Waals surface area contributed by atoms with E-state index in [0.717, 1.165) is 34.1 Å². The minimum Gasteiger partial charge on any atom is -0.322 e. The molecule has 2 aromatic carbocycles. The number of hydrogen-bond acceptors (Lipinski definition) is 2. The van der Waals surface area contributed by atoms with Crippen LogP contribution in [0.15, 0.2) is 45.3 Å². The zero-order valence-corrected chi connectivity index (χ0v) is 14.4. The van der Waals surface area contributed by atoms with E-state index in [1.807, 2.05) is 30.3 Å². The number of benzene rings is 2. The van der Waals surface area contributed by atoms with Crippen LogP contribution in [0.3, 0.4) is 0 Å². The van der Waals surface area contributed by atoms with Gasteiger partial charge in [0, 0.05) is 21.2 Å². The summed E-state index contributed by atoms with van der Waals surface area (Å²) >= 11 is 6.83. The molecule has 0 bridgehead atoms. The molecule has 3 rings (SSSR count). The summed E-state index contributed by atoms with van der Waals surface area (Å²) in [5, 5.41) is 6.38. The molecule has 2 aromatic rings. The van der Waals surface area contributed by atoms with E-state index >= 15 is 0 Å². The van der Waals surface area contributed by atoms with Crippen LogP contribution >= 0.6 is 31.9 Å². The summed E-state index contributed by atoms with van der Waals surface area (Å²) in [6.45, 7) is 1.81. The third-order valence-corrected chi connectivity index (χ3v) is 4.75. The smallest absolute Gasteiger partial charge is 0.256 e. The lowest BCUT2D eigenvalue weighted by Gasteiger charge is -2.20. The van der Waals surface area contributed by atoms with Crippen molar-refractivity contribution in [2.45, 2.75) is 13.0 Å². The summed E-state index contributed by atoms with van der Waals surface area (Å²) < 4.78 is 1.67. The Labute approximate surface area is 140 Å². The zero-order valence-electron chi connectivity index (χ0n) is 11.2. The molecule has 108 valence electrons. The molecule has 0 saturated carbocycles. The fourth-order valence-corrected chi connectivity index (χ4v) is 3.30. The zero-order chi connectivity index (χ0) is 14.8. The van der Waals surface area contributed by atoms with Gasteiger partial charge in [-0.15, -0.1) is 0 Å². The van der Waals surface area contributed by atoms with Gasteiger partial charge in [0.1, 0.15) is 0 Å². The largest absolute Gasteiger partial charge is 0.322 e. The predicted molar refractivity (Wildman–Crippen MR) is 91.6 cm³/mol. The van der Waals surface area contributed by atoms with Crippen LogP contribution in [0.25, 0.3) is 0 Å². The lowest BCUT2D eigenvalue weighted by atomic mass is 9.99. The molecule has 0 radical (unpaired) electrons. The second-order valence-corrected chi connectivity index (χ2v) is 6.72. The molecule has 1 aliphatic heterocycles. The second kappa shape index (κ2) is 6.30. The Morgan fingerprint density at radius 3 is 2.90 bits per heavy atom. The van der Waals surface area contributed by atoms with Crippen LogP contribution in [0, 0.1) is 0 Å². The maximum atomic E-state index is 12.5. The molecule has 0 spiro atoms. The fourth-order valence-electron chi connectivity index (χ4n) is 2.51. The van der Waals surface area contributed by atoms with Gasteiger partial charge >= 0.3 is 0 Å². The van der Waals surface area contributed by atoms with Crippen LogP contribution in [0.2, 0.25) is 0 Å². The summed E-state index contributed by atoms with van der Waals surface area (Å²) in [6.07, 6.45) is 0.936. The molecular weight excluding hydrogens is 396 g/mol. The van der Waals surface area contributed by atoms with Gasteiger partial charge in [0.15, 0.2) is 0 Å². The first-order valence-electron chi connectivity index (χ1n) is 6.73.